The van der Waals surface area contributed by atoms with E-state index in [0.29, 0.717) is 17.3 Å². The van der Waals surface area contributed by atoms with Crippen LogP contribution in [-0.4, -0.2) is 30.6 Å². The van der Waals surface area contributed by atoms with Gasteiger partial charge >= 0.3 is 5.97 Å². The lowest BCUT2D eigenvalue weighted by Crippen LogP contribution is -2.20. The number of imidazole rings is 1. The molecule has 3 N–H and O–H groups in total. The van der Waals surface area contributed by atoms with Crippen LogP contribution in [0, 0.1) is 17.8 Å². The molecule has 0 amide bonds. The topological polar surface area (TPSA) is 107 Å². The molecule has 2 saturated carbocycles. The van der Waals surface area contributed by atoms with Crippen molar-refractivity contribution in [3.8, 4) is 0 Å². The molecule has 0 aliphatic heterocycles. The molecule has 0 unspecified atom stereocenters. The first-order chi connectivity index (χ1) is 10.2. The first-order valence-electron chi connectivity index (χ1n) is 7.32. The number of fused-ring (bicyclic) bond motifs is 2. The third-order valence-electron chi connectivity index (χ3n) is 5.23. The van der Waals surface area contributed by atoms with Crippen LogP contribution >= 0.6 is 0 Å². The van der Waals surface area contributed by atoms with E-state index < -0.39 is 5.97 Å². The average molecular weight is 287 g/mol. The van der Waals surface area contributed by atoms with Gasteiger partial charge in [0.1, 0.15) is 11.8 Å². The number of hydrogen-bond donors (Lipinski definition) is 2. The highest BCUT2D eigenvalue weighted by Gasteiger charge is 2.48. The Morgan fingerprint density at radius 2 is 2.00 bits per heavy atom. The van der Waals surface area contributed by atoms with Crippen molar-refractivity contribution in [2.75, 3.05) is 5.73 Å². The SMILES string of the molecule is Nc1ncnc2c1ncn2[C@H]1CC[C@H]2[C@@H]1CC[C@@H]2C(=O)O. The minimum Gasteiger partial charge on any atom is -0.481 e. The number of rotatable bonds is 2. The van der Waals surface area contributed by atoms with E-state index in [4.69, 9.17) is 5.73 Å². The molecule has 2 fully saturated rings. The van der Waals surface area contributed by atoms with Crippen LogP contribution in [0.3, 0.4) is 0 Å². The molecule has 2 aromatic rings. The quantitative estimate of drug-likeness (QED) is 0.866. The van der Waals surface area contributed by atoms with Crippen LogP contribution in [0.25, 0.3) is 11.2 Å². The molecular weight excluding hydrogens is 270 g/mol. The zero-order valence-corrected chi connectivity index (χ0v) is 11.5. The van der Waals surface area contributed by atoms with Gasteiger partial charge in [-0.2, -0.15) is 0 Å². The van der Waals surface area contributed by atoms with Gasteiger partial charge in [-0.05, 0) is 37.5 Å². The Morgan fingerprint density at radius 3 is 2.81 bits per heavy atom. The summed E-state index contributed by atoms with van der Waals surface area (Å²) in [7, 11) is 0. The maximum absolute atomic E-state index is 11.3. The van der Waals surface area contributed by atoms with Crippen molar-refractivity contribution >= 4 is 23.0 Å². The van der Waals surface area contributed by atoms with Gasteiger partial charge < -0.3 is 15.4 Å². The van der Waals surface area contributed by atoms with Crippen LogP contribution in [0.15, 0.2) is 12.7 Å². The summed E-state index contributed by atoms with van der Waals surface area (Å²) < 4.78 is 2.07. The molecule has 0 saturated heterocycles. The Kier molecular flexibility index (Phi) is 2.63. The lowest BCUT2D eigenvalue weighted by atomic mass is 9.91. The summed E-state index contributed by atoms with van der Waals surface area (Å²) >= 11 is 0. The number of hydrogen-bond acceptors (Lipinski definition) is 5. The standard InChI is InChI=1S/C14H17N5O2/c15-12-11-13(17-5-16-12)19(6-18-11)10-4-3-7-8(10)1-2-9(7)14(20)21/h5-10H,1-4H2,(H,20,21)(H2,15,16,17)/t7-,8-,9-,10-/m0/s1. The van der Waals surface area contributed by atoms with E-state index in [-0.39, 0.29) is 17.9 Å². The first kappa shape index (κ1) is 12.6. The van der Waals surface area contributed by atoms with Gasteiger partial charge in [0.15, 0.2) is 11.5 Å². The van der Waals surface area contributed by atoms with Crippen molar-refractivity contribution in [1.82, 2.24) is 19.5 Å². The van der Waals surface area contributed by atoms with Gasteiger partial charge in [0.05, 0.1) is 12.2 Å². The lowest BCUT2D eigenvalue weighted by molar-refractivity contribution is -0.143. The minimum atomic E-state index is -0.648. The number of carboxylic acid groups (broad SMARTS) is 1. The molecule has 110 valence electrons. The van der Waals surface area contributed by atoms with Crippen molar-refractivity contribution in [1.29, 1.82) is 0 Å². The largest absolute Gasteiger partial charge is 0.481 e. The summed E-state index contributed by atoms with van der Waals surface area (Å²) in [5, 5.41) is 9.33. The first-order valence-corrected chi connectivity index (χ1v) is 7.32. The van der Waals surface area contributed by atoms with E-state index in [0.717, 1.165) is 31.3 Å². The predicted molar refractivity (Wildman–Crippen MR) is 75.3 cm³/mol. The summed E-state index contributed by atoms with van der Waals surface area (Å²) in [4.78, 5) is 23.9. The van der Waals surface area contributed by atoms with Crippen molar-refractivity contribution in [3.05, 3.63) is 12.7 Å². The fourth-order valence-electron chi connectivity index (χ4n) is 4.33. The summed E-state index contributed by atoms with van der Waals surface area (Å²) in [6.45, 7) is 0. The fourth-order valence-corrected chi connectivity index (χ4v) is 4.33. The highest BCUT2D eigenvalue weighted by Crippen LogP contribution is 2.53. The molecule has 0 bridgehead atoms. The summed E-state index contributed by atoms with van der Waals surface area (Å²) in [5.74, 6) is 0.242. The zero-order chi connectivity index (χ0) is 14.6. The van der Waals surface area contributed by atoms with Gasteiger partial charge in [0.25, 0.3) is 0 Å². The zero-order valence-electron chi connectivity index (χ0n) is 11.5. The van der Waals surface area contributed by atoms with Gasteiger partial charge in [-0.15, -0.1) is 0 Å². The number of carboxylic acids is 1. The maximum atomic E-state index is 11.3. The predicted octanol–water partition coefficient (Wildman–Crippen LogP) is 1.47. The van der Waals surface area contributed by atoms with Crippen LogP contribution in [0.5, 0.6) is 0 Å². The van der Waals surface area contributed by atoms with Crippen LogP contribution in [-0.2, 0) is 4.79 Å². The Labute approximate surface area is 121 Å². The van der Waals surface area contributed by atoms with Gasteiger partial charge in [-0.25, -0.2) is 15.0 Å². The van der Waals surface area contributed by atoms with E-state index >= 15 is 0 Å². The smallest absolute Gasteiger partial charge is 0.306 e. The highest BCUT2D eigenvalue weighted by atomic mass is 16.4. The second kappa shape index (κ2) is 4.41. The molecule has 2 heterocycles. The molecule has 4 atom stereocenters. The molecule has 2 aliphatic rings. The number of anilines is 1. The average Bonchev–Trinajstić information content (AvgIpc) is 3.11. The number of aliphatic carboxylic acids is 1. The van der Waals surface area contributed by atoms with E-state index in [1.165, 1.54) is 6.33 Å². The van der Waals surface area contributed by atoms with E-state index in [1.807, 2.05) is 0 Å². The Bertz CT molecular complexity index is 712. The number of nitrogens with zero attached hydrogens (tertiary/aromatic N) is 4. The molecule has 4 rings (SSSR count). The molecule has 2 aromatic heterocycles. The van der Waals surface area contributed by atoms with Crippen LogP contribution in [0.4, 0.5) is 5.82 Å². The number of nitrogen functional groups attached to an aromatic ring is 1. The van der Waals surface area contributed by atoms with Gasteiger partial charge in [-0.1, -0.05) is 0 Å². The maximum Gasteiger partial charge on any atom is 0.306 e. The van der Waals surface area contributed by atoms with E-state index in [2.05, 4.69) is 19.5 Å². The molecule has 0 radical (unpaired) electrons. The monoisotopic (exact) mass is 287 g/mol. The van der Waals surface area contributed by atoms with Crippen molar-refractivity contribution < 1.29 is 9.90 Å². The highest BCUT2D eigenvalue weighted by molar-refractivity contribution is 5.81. The van der Waals surface area contributed by atoms with Gasteiger partial charge in [0.2, 0.25) is 0 Å². The van der Waals surface area contributed by atoms with Crippen molar-refractivity contribution in [3.63, 3.8) is 0 Å². The number of nitrogens with two attached hydrogens (primary N) is 1. The Hall–Kier alpha value is -2.18. The summed E-state index contributed by atoms with van der Waals surface area (Å²) in [6, 6.07) is 0.277. The summed E-state index contributed by atoms with van der Waals surface area (Å²) in [5.41, 5.74) is 7.22. The second-order valence-corrected chi connectivity index (χ2v) is 6.08. The minimum absolute atomic E-state index is 0.186. The Morgan fingerprint density at radius 1 is 1.19 bits per heavy atom. The van der Waals surface area contributed by atoms with Gasteiger partial charge in [0, 0.05) is 6.04 Å². The normalized spacial score (nSPS) is 31.6. The Balaban J connectivity index is 1.71. The third-order valence-corrected chi connectivity index (χ3v) is 5.23. The molecule has 0 aromatic carbocycles. The second-order valence-electron chi connectivity index (χ2n) is 6.08. The van der Waals surface area contributed by atoms with Crippen LogP contribution in [0.2, 0.25) is 0 Å². The molecule has 7 nitrogen and oxygen atoms in total. The molecule has 2 aliphatic carbocycles. The van der Waals surface area contributed by atoms with Crippen LogP contribution < -0.4 is 5.73 Å². The van der Waals surface area contributed by atoms with Crippen molar-refractivity contribution in [2.45, 2.75) is 31.7 Å². The molecular formula is C14H17N5O2. The van der Waals surface area contributed by atoms with E-state index in [1.54, 1.807) is 6.33 Å². The fraction of sp³-hybridized carbons (Fsp3) is 0.571. The molecule has 7 heteroatoms. The third kappa shape index (κ3) is 1.73. The van der Waals surface area contributed by atoms with Gasteiger partial charge in [-0.3, -0.25) is 4.79 Å². The van der Waals surface area contributed by atoms with Crippen molar-refractivity contribution in [2.24, 2.45) is 17.8 Å². The van der Waals surface area contributed by atoms with Crippen LogP contribution in [0.1, 0.15) is 31.7 Å². The number of carbonyl (C=O) groups is 1. The molecule has 21 heavy (non-hydrogen) atoms. The summed E-state index contributed by atoms with van der Waals surface area (Å²) in [6.07, 6.45) is 6.92. The lowest BCUT2D eigenvalue weighted by Gasteiger charge is -2.20. The number of aromatic nitrogens is 4. The molecule has 0 spiro atoms. The van der Waals surface area contributed by atoms with E-state index in [9.17, 15) is 9.90 Å².